The van der Waals surface area contributed by atoms with Crippen molar-refractivity contribution in [3.8, 4) is 5.75 Å². The van der Waals surface area contributed by atoms with E-state index >= 15 is 0 Å². The number of nitrogen functional groups attached to an aromatic ring is 1. The Balaban J connectivity index is 2.24. The number of carbonyl (C=O) groups is 1. The number of hydrogen-bond acceptors (Lipinski definition) is 3. The average molecular weight is 312 g/mol. The monoisotopic (exact) mass is 312 g/mol. The van der Waals surface area contributed by atoms with Gasteiger partial charge in [-0.05, 0) is 48.2 Å². The zero-order valence-corrected chi connectivity index (χ0v) is 14.1. The summed E-state index contributed by atoms with van der Waals surface area (Å²) in [6, 6.07) is 13.1. The molecular weight excluding hydrogens is 288 g/mol. The lowest BCUT2D eigenvalue weighted by molar-refractivity contribution is 0.0925. The van der Waals surface area contributed by atoms with Crippen molar-refractivity contribution in [1.29, 1.82) is 0 Å². The van der Waals surface area contributed by atoms with Crippen LogP contribution in [0, 0.1) is 12.8 Å². The molecule has 0 bridgehead atoms. The van der Waals surface area contributed by atoms with Gasteiger partial charge < -0.3 is 15.8 Å². The van der Waals surface area contributed by atoms with E-state index < -0.39 is 0 Å². The number of nitrogens with one attached hydrogen (secondary N) is 1. The Kier molecular flexibility index (Phi) is 5.27. The number of benzene rings is 2. The summed E-state index contributed by atoms with van der Waals surface area (Å²) in [4.78, 5) is 12.6. The molecule has 2 rings (SSSR count). The lowest BCUT2D eigenvalue weighted by Crippen LogP contribution is -2.32. The number of amides is 1. The topological polar surface area (TPSA) is 64.3 Å². The van der Waals surface area contributed by atoms with Gasteiger partial charge in [-0.2, -0.15) is 0 Å². The molecule has 2 aromatic rings. The van der Waals surface area contributed by atoms with Crippen LogP contribution in [0.3, 0.4) is 0 Å². The minimum absolute atomic E-state index is 0.0748. The largest absolute Gasteiger partial charge is 0.497 e. The third kappa shape index (κ3) is 4.03. The van der Waals surface area contributed by atoms with E-state index in [1.165, 1.54) is 0 Å². The molecule has 122 valence electrons. The Labute approximate surface area is 137 Å². The summed E-state index contributed by atoms with van der Waals surface area (Å²) in [6.45, 7) is 6.08. The molecule has 0 heterocycles. The van der Waals surface area contributed by atoms with E-state index in [2.05, 4.69) is 19.2 Å². The third-order valence-corrected chi connectivity index (χ3v) is 3.93. The molecule has 1 amide bonds. The molecule has 0 fully saturated rings. The summed E-state index contributed by atoms with van der Waals surface area (Å²) in [7, 11) is 1.64. The molecule has 0 aromatic heterocycles. The minimum Gasteiger partial charge on any atom is -0.497 e. The van der Waals surface area contributed by atoms with Gasteiger partial charge in [0.2, 0.25) is 0 Å². The molecule has 1 unspecified atom stereocenters. The fraction of sp³-hybridized carbons (Fsp3) is 0.316. The standard InChI is InChI=1S/C19H24N2O2/c1-12(2)18(14-6-9-16(23-4)10-7-14)21-19(22)17-11-15(20)8-5-13(17)3/h5-12,18H,20H2,1-4H3,(H,21,22). The van der Waals surface area contributed by atoms with Crippen LogP contribution in [0.5, 0.6) is 5.75 Å². The highest BCUT2D eigenvalue weighted by Crippen LogP contribution is 2.25. The van der Waals surface area contributed by atoms with Crippen molar-refractivity contribution in [3.05, 3.63) is 59.2 Å². The second-order valence-electron chi connectivity index (χ2n) is 6.04. The fourth-order valence-electron chi connectivity index (χ4n) is 2.55. The van der Waals surface area contributed by atoms with Crippen molar-refractivity contribution in [2.75, 3.05) is 12.8 Å². The van der Waals surface area contributed by atoms with E-state index in [-0.39, 0.29) is 17.9 Å². The zero-order valence-electron chi connectivity index (χ0n) is 14.1. The lowest BCUT2D eigenvalue weighted by Gasteiger charge is -2.23. The highest BCUT2D eigenvalue weighted by Gasteiger charge is 2.20. The number of aryl methyl sites for hydroxylation is 1. The number of rotatable bonds is 5. The van der Waals surface area contributed by atoms with Crippen molar-refractivity contribution in [2.45, 2.75) is 26.8 Å². The molecule has 0 aliphatic heterocycles. The number of carbonyl (C=O) groups excluding carboxylic acids is 1. The van der Waals surface area contributed by atoms with Crippen LogP contribution in [0.1, 0.15) is 41.4 Å². The minimum atomic E-state index is -0.107. The van der Waals surface area contributed by atoms with Crippen LogP contribution < -0.4 is 15.8 Å². The van der Waals surface area contributed by atoms with E-state index in [1.54, 1.807) is 19.2 Å². The van der Waals surface area contributed by atoms with Gasteiger partial charge in [-0.15, -0.1) is 0 Å². The van der Waals surface area contributed by atoms with Gasteiger partial charge in [-0.25, -0.2) is 0 Å². The SMILES string of the molecule is COc1ccc(C(NC(=O)c2cc(N)ccc2C)C(C)C)cc1. The number of nitrogens with two attached hydrogens (primary N) is 1. The Hall–Kier alpha value is -2.49. The first-order valence-corrected chi connectivity index (χ1v) is 7.73. The first kappa shape index (κ1) is 16.9. The van der Waals surface area contributed by atoms with Gasteiger partial charge in [0, 0.05) is 11.3 Å². The highest BCUT2D eigenvalue weighted by atomic mass is 16.5. The summed E-state index contributed by atoms with van der Waals surface area (Å²) < 4.78 is 5.19. The van der Waals surface area contributed by atoms with Crippen LogP contribution >= 0.6 is 0 Å². The van der Waals surface area contributed by atoms with Gasteiger partial charge in [0.25, 0.3) is 5.91 Å². The van der Waals surface area contributed by atoms with Crippen LogP contribution in [0.25, 0.3) is 0 Å². The predicted molar refractivity (Wildman–Crippen MR) is 93.6 cm³/mol. The van der Waals surface area contributed by atoms with E-state index in [1.807, 2.05) is 37.3 Å². The second kappa shape index (κ2) is 7.18. The van der Waals surface area contributed by atoms with E-state index in [0.717, 1.165) is 16.9 Å². The molecule has 4 nitrogen and oxygen atoms in total. The molecule has 0 spiro atoms. The molecule has 2 aromatic carbocycles. The van der Waals surface area contributed by atoms with Crippen LogP contribution in [0.15, 0.2) is 42.5 Å². The lowest BCUT2D eigenvalue weighted by atomic mass is 9.95. The Bertz CT molecular complexity index is 678. The number of anilines is 1. The van der Waals surface area contributed by atoms with Gasteiger partial charge in [0.1, 0.15) is 5.75 Å². The average Bonchev–Trinajstić information content (AvgIpc) is 2.54. The number of hydrogen-bond donors (Lipinski definition) is 2. The summed E-state index contributed by atoms with van der Waals surface area (Å²) >= 11 is 0. The Morgan fingerprint density at radius 3 is 2.35 bits per heavy atom. The van der Waals surface area contributed by atoms with Gasteiger partial charge in [-0.1, -0.05) is 32.0 Å². The number of ether oxygens (including phenoxy) is 1. The highest BCUT2D eigenvalue weighted by molar-refractivity contribution is 5.96. The number of methoxy groups -OCH3 is 1. The van der Waals surface area contributed by atoms with E-state index in [9.17, 15) is 4.79 Å². The molecule has 1 atom stereocenters. The molecule has 0 aliphatic rings. The third-order valence-electron chi connectivity index (χ3n) is 3.93. The van der Waals surface area contributed by atoms with E-state index in [4.69, 9.17) is 10.5 Å². The first-order valence-electron chi connectivity index (χ1n) is 7.73. The maximum atomic E-state index is 12.6. The van der Waals surface area contributed by atoms with Crippen molar-refractivity contribution >= 4 is 11.6 Å². The maximum absolute atomic E-state index is 12.6. The van der Waals surface area contributed by atoms with Crippen LogP contribution in [-0.2, 0) is 0 Å². The molecular formula is C19H24N2O2. The normalized spacial score (nSPS) is 12.0. The van der Waals surface area contributed by atoms with Gasteiger partial charge in [0.15, 0.2) is 0 Å². The molecule has 0 aliphatic carbocycles. The quantitative estimate of drug-likeness (QED) is 0.827. The predicted octanol–water partition coefficient (Wildman–Crippen LogP) is 3.71. The van der Waals surface area contributed by atoms with Crippen molar-refractivity contribution in [1.82, 2.24) is 5.32 Å². The maximum Gasteiger partial charge on any atom is 0.252 e. The van der Waals surface area contributed by atoms with Gasteiger partial charge in [0.05, 0.1) is 13.2 Å². The van der Waals surface area contributed by atoms with Gasteiger partial charge >= 0.3 is 0 Å². The first-order chi connectivity index (χ1) is 10.9. The smallest absolute Gasteiger partial charge is 0.252 e. The summed E-state index contributed by atoms with van der Waals surface area (Å²) in [6.07, 6.45) is 0. The molecule has 0 saturated heterocycles. The van der Waals surface area contributed by atoms with E-state index in [0.29, 0.717) is 11.3 Å². The zero-order chi connectivity index (χ0) is 17.0. The summed E-state index contributed by atoms with van der Waals surface area (Å²) in [5.74, 6) is 0.951. The van der Waals surface area contributed by atoms with Crippen molar-refractivity contribution in [2.24, 2.45) is 5.92 Å². The Morgan fingerprint density at radius 2 is 1.78 bits per heavy atom. The van der Waals surface area contributed by atoms with Crippen molar-refractivity contribution < 1.29 is 9.53 Å². The molecule has 3 N–H and O–H groups in total. The molecule has 4 heteroatoms. The molecule has 23 heavy (non-hydrogen) atoms. The van der Waals surface area contributed by atoms with Gasteiger partial charge in [-0.3, -0.25) is 4.79 Å². The fourth-order valence-corrected chi connectivity index (χ4v) is 2.55. The molecule has 0 radical (unpaired) electrons. The second-order valence-corrected chi connectivity index (χ2v) is 6.04. The summed E-state index contributed by atoms with van der Waals surface area (Å²) in [5.41, 5.74) is 8.97. The van der Waals surface area contributed by atoms with Crippen LogP contribution in [0.4, 0.5) is 5.69 Å². The summed E-state index contributed by atoms with van der Waals surface area (Å²) in [5, 5.41) is 3.12. The molecule has 0 saturated carbocycles. The van der Waals surface area contributed by atoms with Crippen molar-refractivity contribution in [3.63, 3.8) is 0 Å². The van der Waals surface area contributed by atoms with Crippen LogP contribution in [-0.4, -0.2) is 13.0 Å². The Morgan fingerprint density at radius 1 is 1.13 bits per heavy atom. The van der Waals surface area contributed by atoms with Crippen LogP contribution in [0.2, 0.25) is 0 Å².